The standard InChI is InChI=1S/C46H30FN/c47-38-20-24-40(25-21-38)48-39-22-17-32(18-23-39)35-19-26-43-44(29-35)46(37-16-14-31-8-2-4-10-34(31)28-37)42-12-6-5-11-41(42)45(43)36-15-13-30-7-1-3-9-33(30)27-36/h1-29,48H. The highest BCUT2D eigenvalue weighted by molar-refractivity contribution is 6.22. The predicted molar refractivity (Wildman–Crippen MR) is 202 cm³/mol. The Morgan fingerprint density at radius 3 is 1.33 bits per heavy atom. The van der Waals surface area contributed by atoms with Gasteiger partial charge in [-0.05, 0) is 131 Å². The van der Waals surface area contributed by atoms with Crippen LogP contribution in [-0.4, -0.2) is 0 Å². The van der Waals surface area contributed by atoms with Crippen LogP contribution < -0.4 is 5.32 Å². The molecule has 0 saturated carbocycles. The fraction of sp³-hybridized carbons (Fsp3) is 0. The molecule has 0 atom stereocenters. The van der Waals surface area contributed by atoms with E-state index < -0.39 is 0 Å². The fourth-order valence-electron chi connectivity index (χ4n) is 7.12. The van der Waals surface area contributed by atoms with Crippen LogP contribution in [0.3, 0.4) is 0 Å². The monoisotopic (exact) mass is 615 g/mol. The van der Waals surface area contributed by atoms with Crippen LogP contribution in [0.2, 0.25) is 0 Å². The molecule has 0 bridgehead atoms. The Balaban J connectivity index is 1.27. The highest BCUT2D eigenvalue weighted by Crippen LogP contribution is 2.45. The van der Waals surface area contributed by atoms with Crippen molar-refractivity contribution in [1.29, 1.82) is 0 Å². The van der Waals surface area contributed by atoms with Crippen LogP contribution in [0.1, 0.15) is 0 Å². The van der Waals surface area contributed by atoms with Crippen LogP contribution in [0, 0.1) is 5.82 Å². The van der Waals surface area contributed by atoms with Gasteiger partial charge < -0.3 is 5.32 Å². The maximum atomic E-state index is 13.4. The van der Waals surface area contributed by atoms with E-state index in [-0.39, 0.29) is 5.82 Å². The SMILES string of the molecule is Fc1ccc(Nc2ccc(-c3ccc4c(-c5ccc6ccccc6c5)c5ccccc5c(-c5ccc6ccccc6c5)c4c3)cc2)cc1. The van der Waals surface area contributed by atoms with E-state index in [0.717, 1.165) is 22.5 Å². The van der Waals surface area contributed by atoms with Crippen LogP contribution >= 0.6 is 0 Å². The summed E-state index contributed by atoms with van der Waals surface area (Å²) in [6.07, 6.45) is 0. The molecule has 0 radical (unpaired) electrons. The van der Waals surface area contributed by atoms with E-state index >= 15 is 0 Å². The second kappa shape index (κ2) is 11.5. The molecule has 0 aliphatic rings. The molecule has 9 aromatic rings. The van der Waals surface area contributed by atoms with Gasteiger partial charge in [-0.1, -0.05) is 121 Å². The summed E-state index contributed by atoms with van der Waals surface area (Å²) in [5.74, 6) is -0.244. The summed E-state index contributed by atoms with van der Waals surface area (Å²) in [7, 11) is 0. The van der Waals surface area contributed by atoms with Gasteiger partial charge in [0.05, 0.1) is 0 Å². The summed E-state index contributed by atoms with van der Waals surface area (Å²) in [5, 5.41) is 13.2. The molecule has 0 unspecified atom stereocenters. The average Bonchev–Trinajstić information content (AvgIpc) is 3.14. The van der Waals surface area contributed by atoms with E-state index in [1.807, 2.05) is 0 Å². The van der Waals surface area contributed by atoms with Gasteiger partial charge in [0.25, 0.3) is 0 Å². The number of hydrogen-bond acceptors (Lipinski definition) is 1. The van der Waals surface area contributed by atoms with Crippen molar-refractivity contribution >= 4 is 54.5 Å². The van der Waals surface area contributed by atoms with Crippen LogP contribution in [0.25, 0.3) is 76.5 Å². The summed E-state index contributed by atoms with van der Waals surface area (Å²) in [6, 6.07) is 61.4. The highest BCUT2D eigenvalue weighted by atomic mass is 19.1. The number of anilines is 2. The van der Waals surface area contributed by atoms with E-state index in [0.29, 0.717) is 0 Å². The van der Waals surface area contributed by atoms with Crippen LogP contribution in [0.4, 0.5) is 15.8 Å². The van der Waals surface area contributed by atoms with Gasteiger partial charge >= 0.3 is 0 Å². The predicted octanol–water partition coefficient (Wildman–Crippen LogP) is 13.2. The molecule has 0 fully saturated rings. The Labute approximate surface area is 278 Å². The zero-order chi connectivity index (χ0) is 32.0. The van der Waals surface area contributed by atoms with Crippen LogP contribution in [0.5, 0.6) is 0 Å². The minimum atomic E-state index is -0.244. The number of rotatable bonds is 5. The molecule has 0 heterocycles. The van der Waals surface area contributed by atoms with E-state index in [1.165, 1.54) is 77.5 Å². The zero-order valence-electron chi connectivity index (χ0n) is 26.1. The minimum Gasteiger partial charge on any atom is -0.356 e. The van der Waals surface area contributed by atoms with Crippen molar-refractivity contribution in [2.24, 2.45) is 0 Å². The van der Waals surface area contributed by atoms with Gasteiger partial charge in [0.2, 0.25) is 0 Å². The molecule has 0 saturated heterocycles. The lowest BCUT2D eigenvalue weighted by Gasteiger charge is -2.19. The number of halogens is 1. The third kappa shape index (κ3) is 4.96. The minimum absolute atomic E-state index is 0.244. The van der Waals surface area contributed by atoms with Crippen molar-refractivity contribution in [1.82, 2.24) is 0 Å². The normalized spacial score (nSPS) is 11.4. The third-order valence-corrected chi connectivity index (χ3v) is 9.45. The molecule has 0 spiro atoms. The molecule has 0 aliphatic carbocycles. The first-order valence-electron chi connectivity index (χ1n) is 16.3. The molecule has 0 amide bonds. The van der Waals surface area contributed by atoms with Crippen molar-refractivity contribution in [3.8, 4) is 33.4 Å². The molecule has 9 aromatic carbocycles. The lowest BCUT2D eigenvalue weighted by molar-refractivity contribution is 0.628. The summed E-state index contributed by atoms with van der Waals surface area (Å²) < 4.78 is 13.4. The molecule has 1 nitrogen and oxygen atoms in total. The highest BCUT2D eigenvalue weighted by Gasteiger charge is 2.18. The second-order valence-electron chi connectivity index (χ2n) is 12.4. The molecule has 0 aliphatic heterocycles. The van der Waals surface area contributed by atoms with Crippen molar-refractivity contribution in [2.45, 2.75) is 0 Å². The lowest BCUT2D eigenvalue weighted by Crippen LogP contribution is -1.92. The first kappa shape index (κ1) is 28.0. The maximum Gasteiger partial charge on any atom is 0.123 e. The van der Waals surface area contributed by atoms with Crippen molar-refractivity contribution in [2.75, 3.05) is 5.32 Å². The van der Waals surface area contributed by atoms with Gasteiger partial charge in [-0.3, -0.25) is 0 Å². The first-order chi connectivity index (χ1) is 23.7. The number of benzene rings is 9. The molecule has 1 N–H and O–H groups in total. The van der Waals surface area contributed by atoms with Gasteiger partial charge in [-0.25, -0.2) is 4.39 Å². The number of nitrogens with one attached hydrogen (secondary N) is 1. The Morgan fingerprint density at radius 2 is 0.750 bits per heavy atom. The quantitative estimate of drug-likeness (QED) is 0.190. The average molecular weight is 616 g/mol. The Bertz CT molecular complexity index is 2640. The Morgan fingerprint density at radius 1 is 0.312 bits per heavy atom. The summed E-state index contributed by atoms with van der Waals surface area (Å²) in [4.78, 5) is 0. The molecular formula is C46H30FN. The molecule has 2 heteroatoms. The van der Waals surface area contributed by atoms with Gasteiger partial charge in [-0.15, -0.1) is 0 Å². The van der Waals surface area contributed by atoms with Gasteiger partial charge in [0, 0.05) is 11.4 Å². The number of hydrogen-bond donors (Lipinski definition) is 1. The summed E-state index contributed by atoms with van der Waals surface area (Å²) >= 11 is 0. The van der Waals surface area contributed by atoms with E-state index in [2.05, 4.69) is 157 Å². The maximum absolute atomic E-state index is 13.4. The van der Waals surface area contributed by atoms with Gasteiger partial charge in [-0.2, -0.15) is 0 Å². The van der Waals surface area contributed by atoms with E-state index in [9.17, 15) is 4.39 Å². The summed E-state index contributed by atoms with van der Waals surface area (Å²) in [6.45, 7) is 0. The second-order valence-corrected chi connectivity index (χ2v) is 12.4. The smallest absolute Gasteiger partial charge is 0.123 e. The van der Waals surface area contributed by atoms with Crippen molar-refractivity contribution in [3.05, 3.63) is 182 Å². The molecule has 9 rings (SSSR count). The summed E-state index contributed by atoms with van der Waals surface area (Å²) in [5.41, 5.74) is 8.99. The Hall–Kier alpha value is -6.25. The molecule has 226 valence electrons. The zero-order valence-corrected chi connectivity index (χ0v) is 26.1. The van der Waals surface area contributed by atoms with Crippen molar-refractivity contribution < 1.29 is 4.39 Å². The molecule has 0 aromatic heterocycles. The largest absolute Gasteiger partial charge is 0.356 e. The van der Waals surface area contributed by atoms with Gasteiger partial charge in [0.1, 0.15) is 5.82 Å². The lowest BCUT2D eigenvalue weighted by atomic mass is 9.84. The fourth-order valence-corrected chi connectivity index (χ4v) is 7.12. The van der Waals surface area contributed by atoms with Crippen LogP contribution in [-0.2, 0) is 0 Å². The number of fused-ring (bicyclic) bond motifs is 4. The van der Waals surface area contributed by atoms with E-state index in [1.54, 1.807) is 12.1 Å². The van der Waals surface area contributed by atoms with Gasteiger partial charge in [0.15, 0.2) is 0 Å². The van der Waals surface area contributed by atoms with Crippen molar-refractivity contribution in [3.63, 3.8) is 0 Å². The molecule has 48 heavy (non-hydrogen) atoms. The van der Waals surface area contributed by atoms with Crippen LogP contribution in [0.15, 0.2) is 176 Å². The first-order valence-corrected chi connectivity index (χ1v) is 16.3. The topological polar surface area (TPSA) is 12.0 Å². The Kier molecular flexibility index (Phi) is 6.72. The van der Waals surface area contributed by atoms with E-state index in [4.69, 9.17) is 0 Å². The third-order valence-electron chi connectivity index (χ3n) is 9.45. The molecular weight excluding hydrogens is 586 g/mol.